The van der Waals surface area contributed by atoms with E-state index in [0.29, 0.717) is 17.9 Å². The van der Waals surface area contributed by atoms with Gasteiger partial charge in [-0.25, -0.2) is 0 Å². The third-order valence-corrected chi connectivity index (χ3v) is 7.61. The van der Waals surface area contributed by atoms with Crippen LogP contribution in [0.5, 0.6) is 0 Å². The Morgan fingerprint density at radius 2 is 1.62 bits per heavy atom. The molecule has 2 amide bonds. The lowest BCUT2D eigenvalue weighted by molar-refractivity contribution is -0.117. The summed E-state index contributed by atoms with van der Waals surface area (Å²) >= 11 is 0. The van der Waals surface area contributed by atoms with Gasteiger partial charge in [-0.3, -0.25) is 9.59 Å². The Morgan fingerprint density at radius 1 is 0.912 bits per heavy atom. The number of rotatable bonds is 5. The van der Waals surface area contributed by atoms with Gasteiger partial charge in [-0.2, -0.15) is 0 Å². The second-order valence-corrected chi connectivity index (χ2v) is 10.2. The topological polar surface area (TPSA) is 47.1 Å². The molecule has 3 heterocycles. The van der Waals surface area contributed by atoms with Crippen molar-refractivity contribution < 1.29 is 9.59 Å². The summed E-state index contributed by atoms with van der Waals surface area (Å²) in [5.74, 6) is 0.678. The minimum Gasteiger partial charge on any atom is -0.368 e. The van der Waals surface area contributed by atoms with Crippen LogP contribution < -0.4 is 9.80 Å². The molecule has 1 unspecified atom stereocenters. The zero-order valence-electron chi connectivity index (χ0n) is 20.5. The smallest absolute Gasteiger partial charge is 0.253 e. The number of anilines is 2. The number of benzene rings is 2. The molecule has 180 valence electrons. The molecule has 0 aliphatic carbocycles. The lowest BCUT2D eigenvalue weighted by Gasteiger charge is -2.37. The molecule has 3 aliphatic heterocycles. The van der Waals surface area contributed by atoms with E-state index in [1.165, 1.54) is 42.7 Å². The molecule has 3 aliphatic rings. The zero-order valence-corrected chi connectivity index (χ0v) is 20.5. The van der Waals surface area contributed by atoms with Crippen molar-refractivity contribution >= 4 is 23.2 Å². The summed E-state index contributed by atoms with van der Waals surface area (Å²) in [7, 11) is 0. The third-order valence-electron chi connectivity index (χ3n) is 7.61. The van der Waals surface area contributed by atoms with Gasteiger partial charge in [0.15, 0.2) is 0 Å². The Kier molecular flexibility index (Phi) is 6.59. The first-order valence-electron chi connectivity index (χ1n) is 12.7. The maximum Gasteiger partial charge on any atom is 0.253 e. The van der Waals surface area contributed by atoms with Crippen molar-refractivity contribution in [2.75, 3.05) is 62.2 Å². The summed E-state index contributed by atoms with van der Waals surface area (Å²) in [5, 5.41) is 0. The number of hydrogen-bond acceptors (Lipinski definition) is 4. The van der Waals surface area contributed by atoms with Crippen LogP contribution in [0.15, 0.2) is 42.5 Å². The number of piperazine rings is 1. The van der Waals surface area contributed by atoms with E-state index in [4.69, 9.17) is 0 Å². The monoisotopic (exact) mass is 460 g/mol. The summed E-state index contributed by atoms with van der Waals surface area (Å²) in [4.78, 5) is 34.5. The van der Waals surface area contributed by atoms with Crippen molar-refractivity contribution in [3.63, 3.8) is 0 Å². The molecule has 34 heavy (non-hydrogen) atoms. The van der Waals surface area contributed by atoms with E-state index < -0.39 is 0 Å². The molecule has 0 N–H and O–H groups in total. The third kappa shape index (κ3) is 4.83. The number of nitrogens with zero attached hydrogens (tertiary/aromatic N) is 4. The quantitative estimate of drug-likeness (QED) is 0.683. The van der Waals surface area contributed by atoms with Gasteiger partial charge in [-0.05, 0) is 81.6 Å². The standard InChI is InChI=1S/C28H36N4O2/c1-21-5-10-26(22(2)17-21)30-13-15-31(16-14-30)28(34)24-6-8-25(9-7-24)32-20-23(18-27(32)33)19-29-11-3-4-12-29/h5-10,17,23H,3-4,11-16,18-20H2,1-2H3. The Morgan fingerprint density at radius 3 is 2.29 bits per heavy atom. The lowest BCUT2D eigenvalue weighted by atomic mass is 10.1. The normalized spacial score (nSPS) is 21.5. The molecule has 6 heteroatoms. The van der Waals surface area contributed by atoms with Gasteiger partial charge in [0.25, 0.3) is 5.91 Å². The van der Waals surface area contributed by atoms with Crippen molar-refractivity contribution in [1.82, 2.24) is 9.80 Å². The molecular formula is C28H36N4O2. The van der Waals surface area contributed by atoms with Crippen LogP contribution in [0.1, 0.15) is 40.7 Å². The molecule has 5 rings (SSSR count). The fourth-order valence-electron chi connectivity index (χ4n) is 5.76. The zero-order chi connectivity index (χ0) is 23.7. The van der Waals surface area contributed by atoms with E-state index in [9.17, 15) is 9.59 Å². The van der Waals surface area contributed by atoms with E-state index in [1.54, 1.807) is 0 Å². The van der Waals surface area contributed by atoms with Gasteiger partial charge in [-0.15, -0.1) is 0 Å². The molecule has 2 aromatic rings. The van der Waals surface area contributed by atoms with E-state index >= 15 is 0 Å². The maximum atomic E-state index is 13.1. The highest BCUT2D eigenvalue weighted by Gasteiger charge is 2.32. The fourth-order valence-corrected chi connectivity index (χ4v) is 5.76. The molecule has 1 atom stereocenters. The van der Waals surface area contributed by atoms with Gasteiger partial charge >= 0.3 is 0 Å². The average molecular weight is 461 g/mol. The van der Waals surface area contributed by atoms with E-state index in [-0.39, 0.29) is 11.8 Å². The average Bonchev–Trinajstić information content (AvgIpc) is 3.48. The maximum absolute atomic E-state index is 13.1. The summed E-state index contributed by atoms with van der Waals surface area (Å²) in [6, 6.07) is 14.2. The van der Waals surface area contributed by atoms with Crippen molar-refractivity contribution in [2.24, 2.45) is 5.92 Å². The minimum atomic E-state index is 0.0755. The summed E-state index contributed by atoms with van der Waals surface area (Å²) < 4.78 is 0. The van der Waals surface area contributed by atoms with Crippen LogP contribution in [0.4, 0.5) is 11.4 Å². The largest absolute Gasteiger partial charge is 0.368 e. The summed E-state index contributed by atoms with van der Waals surface area (Å²) in [6.45, 7) is 11.5. The van der Waals surface area contributed by atoms with Crippen LogP contribution in [0, 0.1) is 19.8 Å². The molecule has 0 bridgehead atoms. The van der Waals surface area contributed by atoms with Crippen LogP contribution in [0.2, 0.25) is 0 Å². The van der Waals surface area contributed by atoms with E-state index in [2.05, 4.69) is 41.8 Å². The fraction of sp³-hybridized carbons (Fsp3) is 0.500. The highest BCUT2D eigenvalue weighted by atomic mass is 16.2. The molecule has 3 saturated heterocycles. The SMILES string of the molecule is Cc1ccc(N2CCN(C(=O)c3ccc(N4CC(CN5CCCC5)CC4=O)cc3)CC2)c(C)c1. The summed E-state index contributed by atoms with van der Waals surface area (Å²) in [5.41, 5.74) is 5.43. The minimum absolute atomic E-state index is 0.0755. The first-order valence-corrected chi connectivity index (χ1v) is 12.7. The van der Waals surface area contributed by atoms with Crippen LogP contribution in [0.3, 0.4) is 0 Å². The van der Waals surface area contributed by atoms with Crippen LogP contribution in [-0.4, -0.2) is 74.0 Å². The second kappa shape index (κ2) is 9.79. The number of likely N-dealkylation sites (tertiary alicyclic amines) is 1. The highest BCUT2D eigenvalue weighted by molar-refractivity contribution is 5.98. The molecule has 6 nitrogen and oxygen atoms in total. The first-order chi connectivity index (χ1) is 16.5. The van der Waals surface area contributed by atoms with Crippen molar-refractivity contribution in [2.45, 2.75) is 33.1 Å². The van der Waals surface area contributed by atoms with E-state index in [1.807, 2.05) is 34.1 Å². The van der Waals surface area contributed by atoms with Gasteiger partial charge in [-0.1, -0.05) is 17.7 Å². The van der Waals surface area contributed by atoms with Crippen LogP contribution >= 0.6 is 0 Å². The van der Waals surface area contributed by atoms with Gasteiger partial charge in [0.2, 0.25) is 5.91 Å². The van der Waals surface area contributed by atoms with Gasteiger partial charge in [0, 0.05) is 62.6 Å². The second-order valence-electron chi connectivity index (χ2n) is 10.2. The highest BCUT2D eigenvalue weighted by Crippen LogP contribution is 2.27. The first kappa shape index (κ1) is 22.9. The molecule has 0 aromatic heterocycles. The number of hydrogen-bond donors (Lipinski definition) is 0. The van der Waals surface area contributed by atoms with Crippen molar-refractivity contribution in [3.05, 3.63) is 59.2 Å². The summed E-state index contributed by atoms with van der Waals surface area (Å²) in [6.07, 6.45) is 3.18. The van der Waals surface area contributed by atoms with E-state index in [0.717, 1.165) is 45.0 Å². The van der Waals surface area contributed by atoms with Crippen molar-refractivity contribution in [1.29, 1.82) is 0 Å². The number of aryl methyl sites for hydroxylation is 2. The van der Waals surface area contributed by atoms with Crippen LogP contribution in [-0.2, 0) is 4.79 Å². The molecule has 0 radical (unpaired) electrons. The predicted molar refractivity (Wildman–Crippen MR) is 137 cm³/mol. The molecule has 0 spiro atoms. The van der Waals surface area contributed by atoms with Gasteiger partial charge in [0.1, 0.15) is 0 Å². The Hall–Kier alpha value is -2.86. The van der Waals surface area contributed by atoms with Gasteiger partial charge in [0.05, 0.1) is 0 Å². The molecular weight excluding hydrogens is 424 g/mol. The Bertz CT molecular complexity index is 1040. The molecule has 2 aromatic carbocycles. The van der Waals surface area contributed by atoms with Crippen LogP contribution in [0.25, 0.3) is 0 Å². The Labute approximate surface area is 203 Å². The Balaban J connectivity index is 1.17. The molecule has 3 fully saturated rings. The number of carbonyl (C=O) groups is 2. The number of amides is 2. The number of carbonyl (C=O) groups excluding carboxylic acids is 2. The molecule has 0 saturated carbocycles. The van der Waals surface area contributed by atoms with Gasteiger partial charge < -0.3 is 19.6 Å². The predicted octanol–water partition coefficient (Wildman–Crippen LogP) is 3.71. The lowest BCUT2D eigenvalue weighted by Crippen LogP contribution is -2.49. The van der Waals surface area contributed by atoms with Crippen molar-refractivity contribution in [3.8, 4) is 0 Å².